The van der Waals surface area contributed by atoms with Gasteiger partial charge in [0.2, 0.25) is 5.91 Å². The molecule has 0 aliphatic heterocycles. The van der Waals surface area contributed by atoms with Gasteiger partial charge in [-0.05, 0) is 11.1 Å². The predicted octanol–water partition coefficient (Wildman–Crippen LogP) is 3.81. The summed E-state index contributed by atoms with van der Waals surface area (Å²) in [6.07, 6.45) is 1.91. The second-order valence-corrected chi connectivity index (χ2v) is 7.56. The monoisotopic (exact) mass is 380 g/mol. The van der Waals surface area contributed by atoms with Gasteiger partial charge in [0, 0.05) is 29.3 Å². The summed E-state index contributed by atoms with van der Waals surface area (Å²) in [6, 6.07) is 11.1. The number of hydrogen-bond donors (Lipinski definition) is 2. The van der Waals surface area contributed by atoms with Crippen LogP contribution in [0.1, 0.15) is 32.1 Å². The molecular formula is C21H24N4O3. The van der Waals surface area contributed by atoms with Crippen LogP contribution in [0.2, 0.25) is 0 Å². The highest BCUT2D eigenvalue weighted by molar-refractivity contribution is 5.91. The number of carbonyl (C=O) groups is 1. The molecular weight excluding hydrogens is 356 g/mol. The first-order valence-electron chi connectivity index (χ1n) is 8.92. The lowest BCUT2D eigenvalue weighted by Gasteiger charge is -2.12. The van der Waals surface area contributed by atoms with E-state index in [0.717, 1.165) is 22.5 Å². The van der Waals surface area contributed by atoms with Crippen LogP contribution >= 0.6 is 0 Å². The average molecular weight is 380 g/mol. The van der Waals surface area contributed by atoms with Gasteiger partial charge >= 0.3 is 0 Å². The van der Waals surface area contributed by atoms with E-state index in [1.54, 1.807) is 25.4 Å². The number of nitrogen functional groups attached to an aromatic ring is 1. The topological polar surface area (TPSA) is 103 Å². The Hall–Kier alpha value is -3.35. The second kappa shape index (κ2) is 7.72. The van der Waals surface area contributed by atoms with Crippen molar-refractivity contribution in [2.75, 3.05) is 18.2 Å². The zero-order valence-electron chi connectivity index (χ0n) is 16.4. The van der Waals surface area contributed by atoms with Crippen molar-refractivity contribution in [2.45, 2.75) is 32.6 Å². The zero-order chi connectivity index (χ0) is 20.3. The summed E-state index contributed by atoms with van der Waals surface area (Å²) in [7, 11) is 1.59. The second-order valence-electron chi connectivity index (χ2n) is 7.56. The molecule has 0 fully saturated rings. The molecule has 3 N–H and O–H groups in total. The first kappa shape index (κ1) is 19.4. The van der Waals surface area contributed by atoms with Gasteiger partial charge in [-0.2, -0.15) is 0 Å². The number of nitrogens with zero attached hydrogens (tertiary/aromatic N) is 2. The third kappa shape index (κ3) is 4.49. The van der Waals surface area contributed by atoms with Crippen molar-refractivity contribution in [1.29, 1.82) is 0 Å². The number of hydrogen-bond acceptors (Lipinski definition) is 6. The summed E-state index contributed by atoms with van der Waals surface area (Å²) >= 11 is 0. The minimum absolute atomic E-state index is 0.159. The lowest BCUT2D eigenvalue weighted by molar-refractivity contribution is -0.115. The lowest BCUT2D eigenvalue weighted by Crippen LogP contribution is -2.14. The molecule has 0 unspecified atom stereocenters. The van der Waals surface area contributed by atoms with Gasteiger partial charge < -0.3 is 20.3 Å². The summed E-state index contributed by atoms with van der Waals surface area (Å²) in [5.41, 5.74) is 8.18. The van der Waals surface area contributed by atoms with Crippen molar-refractivity contribution >= 4 is 17.5 Å². The minimum atomic E-state index is -0.163. The highest BCUT2D eigenvalue weighted by Crippen LogP contribution is 2.30. The fourth-order valence-corrected chi connectivity index (χ4v) is 2.70. The Morgan fingerprint density at radius 3 is 2.54 bits per heavy atom. The highest BCUT2D eigenvalue weighted by atomic mass is 16.5. The number of methoxy groups -OCH3 is 1. The van der Waals surface area contributed by atoms with E-state index >= 15 is 0 Å². The van der Waals surface area contributed by atoms with Gasteiger partial charge in [-0.25, -0.2) is 4.98 Å². The van der Waals surface area contributed by atoms with Gasteiger partial charge in [-0.1, -0.05) is 50.2 Å². The van der Waals surface area contributed by atoms with Gasteiger partial charge in [0.25, 0.3) is 0 Å². The van der Waals surface area contributed by atoms with Crippen LogP contribution in [0.3, 0.4) is 0 Å². The van der Waals surface area contributed by atoms with Gasteiger partial charge in [-0.15, -0.1) is 0 Å². The molecule has 7 nitrogen and oxygen atoms in total. The van der Waals surface area contributed by atoms with Crippen LogP contribution in [0.4, 0.5) is 11.6 Å². The fourth-order valence-electron chi connectivity index (χ4n) is 2.70. The van der Waals surface area contributed by atoms with E-state index < -0.39 is 0 Å². The fraction of sp³-hybridized carbons (Fsp3) is 0.286. The molecule has 0 atom stereocenters. The summed E-state index contributed by atoms with van der Waals surface area (Å²) in [5.74, 6) is 2.03. The van der Waals surface area contributed by atoms with E-state index in [1.807, 2.05) is 45.0 Å². The van der Waals surface area contributed by atoms with E-state index in [4.69, 9.17) is 15.0 Å². The maximum atomic E-state index is 12.3. The van der Waals surface area contributed by atoms with Crippen molar-refractivity contribution in [1.82, 2.24) is 10.1 Å². The van der Waals surface area contributed by atoms with E-state index in [2.05, 4.69) is 15.5 Å². The van der Waals surface area contributed by atoms with E-state index in [0.29, 0.717) is 17.4 Å². The number of benzene rings is 1. The van der Waals surface area contributed by atoms with Crippen LogP contribution in [0.5, 0.6) is 5.75 Å². The Morgan fingerprint density at radius 1 is 1.21 bits per heavy atom. The SMILES string of the molecule is COc1cc(N)ncc1-c1ccc(CC(=O)Nc2cc(C(C)(C)C)on2)cc1. The Morgan fingerprint density at radius 2 is 1.93 bits per heavy atom. The molecule has 28 heavy (non-hydrogen) atoms. The number of rotatable bonds is 5. The number of nitrogens with two attached hydrogens (primary N) is 1. The van der Waals surface area contributed by atoms with Gasteiger partial charge in [0.05, 0.1) is 13.5 Å². The van der Waals surface area contributed by atoms with Crippen LogP contribution in [-0.4, -0.2) is 23.2 Å². The number of pyridine rings is 1. The quantitative estimate of drug-likeness (QED) is 0.698. The molecule has 1 amide bonds. The van der Waals surface area contributed by atoms with Crippen molar-refractivity contribution < 1.29 is 14.1 Å². The maximum Gasteiger partial charge on any atom is 0.230 e. The lowest BCUT2D eigenvalue weighted by atomic mass is 9.93. The molecule has 146 valence electrons. The number of ether oxygens (including phenoxy) is 1. The Labute approximate surface area is 163 Å². The van der Waals surface area contributed by atoms with Crippen molar-refractivity contribution in [2.24, 2.45) is 0 Å². The van der Waals surface area contributed by atoms with Gasteiger partial charge in [0.15, 0.2) is 5.82 Å². The summed E-state index contributed by atoms with van der Waals surface area (Å²) in [6.45, 7) is 6.06. The predicted molar refractivity (Wildman–Crippen MR) is 108 cm³/mol. The van der Waals surface area contributed by atoms with Crippen LogP contribution < -0.4 is 15.8 Å². The first-order chi connectivity index (χ1) is 13.3. The average Bonchev–Trinajstić information content (AvgIpc) is 3.11. The largest absolute Gasteiger partial charge is 0.496 e. The van der Waals surface area contributed by atoms with Crippen molar-refractivity contribution in [3.8, 4) is 16.9 Å². The molecule has 0 aliphatic carbocycles. The summed E-state index contributed by atoms with van der Waals surface area (Å²) < 4.78 is 10.7. The molecule has 0 saturated heterocycles. The maximum absolute atomic E-state index is 12.3. The van der Waals surface area contributed by atoms with Crippen LogP contribution in [0.15, 0.2) is 47.1 Å². The smallest absolute Gasteiger partial charge is 0.230 e. The standard InChI is InChI=1S/C21H24N4O3/c1-21(2,3)17-11-19(25-28-17)24-20(26)9-13-5-7-14(8-6-13)15-12-23-18(22)10-16(15)27-4/h5-8,10-12H,9H2,1-4H3,(H2,22,23)(H,24,25,26). The van der Waals surface area contributed by atoms with Crippen molar-refractivity contribution in [3.05, 3.63) is 53.9 Å². The molecule has 1 aromatic carbocycles. The first-order valence-corrected chi connectivity index (χ1v) is 8.92. The van der Waals surface area contributed by atoms with Gasteiger partial charge in [-0.3, -0.25) is 4.79 Å². The van der Waals surface area contributed by atoms with Crippen LogP contribution in [0.25, 0.3) is 11.1 Å². The molecule has 0 saturated carbocycles. The van der Waals surface area contributed by atoms with Crippen LogP contribution in [0, 0.1) is 0 Å². The zero-order valence-corrected chi connectivity index (χ0v) is 16.4. The third-order valence-electron chi connectivity index (χ3n) is 4.25. The molecule has 3 aromatic rings. The summed E-state index contributed by atoms with van der Waals surface area (Å²) in [5, 5.41) is 6.67. The molecule has 2 aromatic heterocycles. The van der Waals surface area contributed by atoms with E-state index in [-0.39, 0.29) is 17.7 Å². The molecule has 0 bridgehead atoms. The van der Waals surface area contributed by atoms with Crippen LogP contribution in [-0.2, 0) is 16.6 Å². The Bertz CT molecular complexity index is 972. The molecule has 2 heterocycles. The van der Waals surface area contributed by atoms with Gasteiger partial charge in [0.1, 0.15) is 17.3 Å². The molecule has 0 radical (unpaired) electrons. The molecule has 3 rings (SSSR count). The minimum Gasteiger partial charge on any atom is -0.496 e. The number of nitrogens with one attached hydrogen (secondary N) is 1. The van der Waals surface area contributed by atoms with E-state index in [1.165, 1.54) is 0 Å². The van der Waals surface area contributed by atoms with Crippen molar-refractivity contribution in [3.63, 3.8) is 0 Å². The Kier molecular flexibility index (Phi) is 5.35. The molecule has 0 spiro atoms. The van der Waals surface area contributed by atoms with E-state index in [9.17, 15) is 4.79 Å². The molecule has 7 heteroatoms. The number of anilines is 2. The highest BCUT2D eigenvalue weighted by Gasteiger charge is 2.20. The number of amides is 1. The third-order valence-corrected chi connectivity index (χ3v) is 4.25. The Balaban J connectivity index is 1.67. The molecule has 0 aliphatic rings. The summed E-state index contributed by atoms with van der Waals surface area (Å²) in [4.78, 5) is 16.4. The number of aromatic nitrogens is 2. The number of carbonyl (C=O) groups excluding carboxylic acids is 1. The normalized spacial score (nSPS) is 11.3.